The van der Waals surface area contributed by atoms with E-state index in [4.69, 9.17) is 4.74 Å². The fourth-order valence-electron chi connectivity index (χ4n) is 1.92. The van der Waals surface area contributed by atoms with Gasteiger partial charge in [-0.05, 0) is 25.1 Å². The Balaban J connectivity index is 2.23. The van der Waals surface area contributed by atoms with Crippen molar-refractivity contribution in [2.45, 2.75) is 12.5 Å². The van der Waals surface area contributed by atoms with Crippen molar-refractivity contribution in [3.63, 3.8) is 0 Å². The van der Waals surface area contributed by atoms with Crippen LogP contribution in [0.1, 0.15) is 17.3 Å². The lowest BCUT2D eigenvalue weighted by Gasteiger charge is -2.16. The van der Waals surface area contributed by atoms with E-state index in [-0.39, 0.29) is 6.04 Å². The van der Waals surface area contributed by atoms with E-state index in [1.807, 2.05) is 0 Å². The highest BCUT2D eigenvalue weighted by Crippen LogP contribution is 2.20. The molecule has 0 spiro atoms. The first kappa shape index (κ1) is 14.3. The zero-order valence-corrected chi connectivity index (χ0v) is 11.2. The van der Waals surface area contributed by atoms with Gasteiger partial charge in [0.2, 0.25) is 5.88 Å². The van der Waals surface area contributed by atoms with E-state index in [1.165, 1.54) is 25.6 Å². The summed E-state index contributed by atoms with van der Waals surface area (Å²) in [4.78, 5) is 8.08. The van der Waals surface area contributed by atoms with Gasteiger partial charge < -0.3 is 10.1 Å². The maximum Gasteiger partial charge on any atom is 0.216 e. The van der Waals surface area contributed by atoms with Crippen molar-refractivity contribution in [1.82, 2.24) is 15.3 Å². The first-order chi connectivity index (χ1) is 9.63. The third-order valence-corrected chi connectivity index (χ3v) is 3.02. The summed E-state index contributed by atoms with van der Waals surface area (Å²) in [5.74, 6) is -0.711. The van der Waals surface area contributed by atoms with E-state index in [1.54, 1.807) is 13.1 Å². The molecule has 0 fully saturated rings. The number of hydrogen-bond donors (Lipinski definition) is 1. The van der Waals surface area contributed by atoms with Gasteiger partial charge >= 0.3 is 0 Å². The standard InChI is InChI=1S/C14H15F2N3O/c1-17-12(13-7-14(20-2)19-8-18-13)5-9-3-4-10(15)6-11(9)16/h3-4,6-8,12,17H,5H2,1-2H3. The van der Waals surface area contributed by atoms with Crippen LogP contribution in [0.15, 0.2) is 30.6 Å². The maximum absolute atomic E-state index is 13.7. The number of hydrogen-bond acceptors (Lipinski definition) is 4. The lowest BCUT2D eigenvalue weighted by atomic mass is 10.0. The Bertz CT molecular complexity index is 592. The predicted molar refractivity (Wildman–Crippen MR) is 70.4 cm³/mol. The summed E-state index contributed by atoms with van der Waals surface area (Å²) >= 11 is 0. The molecule has 0 bridgehead atoms. The van der Waals surface area contributed by atoms with E-state index < -0.39 is 11.6 Å². The van der Waals surface area contributed by atoms with E-state index in [0.29, 0.717) is 23.6 Å². The first-order valence-corrected chi connectivity index (χ1v) is 6.11. The second kappa shape index (κ2) is 6.38. The van der Waals surface area contributed by atoms with Crippen molar-refractivity contribution in [2.24, 2.45) is 0 Å². The van der Waals surface area contributed by atoms with E-state index in [9.17, 15) is 8.78 Å². The van der Waals surface area contributed by atoms with Gasteiger partial charge in [0.25, 0.3) is 0 Å². The molecule has 1 unspecified atom stereocenters. The maximum atomic E-state index is 13.7. The lowest BCUT2D eigenvalue weighted by molar-refractivity contribution is 0.394. The summed E-state index contributed by atoms with van der Waals surface area (Å²) in [5, 5.41) is 3.05. The molecular formula is C14H15F2N3O. The molecule has 2 aromatic rings. The molecule has 20 heavy (non-hydrogen) atoms. The molecule has 1 N–H and O–H groups in total. The van der Waals surface area contributed by atoms with Crippen LogP contribution in [0.25, 0.3) is 0 Å². The number of likely N-dealkylation sites (N-methyl/N-ethyl adjacent to an activating group) is 1. The van der Waals surface area contributed by atoms with Crippen molar-refractivity contribution in [2.75, 3.05) is 14.2 Å². The highest BCUT2D eigenvalue weighted by Gasteiger charge is 2.15. The zero-order valence-electron chi connectivity index (χ0n) is 11.2. The van der Waals surface area contributed by atoms with Gasteiger partial charge in [-0.15, -0.1) is 0 Å². The fraction of sp³-hybridized carbons (Fsp3) is 0.286. The molecule has 1 aromatic heterocycles. The van der Waals surface area contributed by atoms with E-state index >= 15 is 0 Å². The summed E-state index contributed by atoms with van der Waals surface area (Å²) < 4.78 is 31.6. The molecule has 4 nitrogen and oxygen atoms in total. The van der Waals surface area contributed by atoms with Gasteiger partial charge in [0.15, 0.2) is 0 Å². The highest BCUT2D eigenvalue weighted by molar-refractivity contribution is 5.23. The number of methoxy groups -OCH3 is 1. The molecule has 1 heterocycles. The van der Waals surface area contributed by atoms with Gasteiger partial charge in [-0.3, -0.25) is 0 Å². The molecule has 2 rings (SSSR count). The lowest BCUT2D eigenvalue weighted by Crippen LogP contribution is -2.20. The van der Waals surface area contributed by atoms with Crippen LogP contribution >= 0.6 is 0 Å². The molecule has 0 saturated heterocycles. The molecule has 0 aliphatic carbocycles. The number of rotatable bonds is 5. The van der Waals surface area contributed by atoms with E-state index in [0.717, 1.165) is 6.07 Å². The van der Waals surface area contributed by atoms with E-state index in [2.05, 4.69) is 15.3 Å². The Morgan fingerprint density at radius 1 is 1.25 bits per heavy atom. The largest absolute Gasteiger partial charge is 0.481 e. The van der Waals surface area contributed by atoms with Gasteiger partial charge in [0, 0.05) is 12.1 Å². The van der Waals surface area contributed by atoms with Gasteiger partial charge in [-0.25, -0.2) is 18.7 Å². The van der Waals surface area contributed by atoms with Crippen LogP contribution in [-0.4, -0.2) is 24.1 Å². The summed E-state index contributed by atoms with van der Waals surface area (Å²) in [7, 11) is 3.26. The number of ether oxygens (including phenoxy) is 1. The topological polar surface area (TPSA) is 47.0 Å². The number of aromatic nitrogens is 2. The van der Waals surface area contributed by atoms with Crippen LogP contribution in [0.4, 0.5) is 8.78 Å². The van der Waals surface area contributed by atoms with Crippen LogP contribution in [0, 0.1) is 11.6 Å². The normalized spacial score (nSPS) is 12.2. The Labute approximate surface area is 115 Å². The number of nitrogens with zero attached hydrogens (tertiary/aromatic N) is 2. The van der Waals surface area contributed by atoms with Crippen molar-refractivity contribution in [3.05, 3.63) is 53.5 Å². The molecule has 0 radical (unpaired) electrons. The predicted octanol–water partition coefficient (Wildman–Crippen LogP) is 2.27. The smallest absolute Gasteiger partial charge is 0.216 e. The molecule has 0 amide bonds. The van der Waals surface area contributed by atoms with Crippen LogP contribution in [0.2, 0.25) is 0 Å². The molecule has 6 heteroatoms. The SMILES string of the molecule is CNC(Cc1ccc(F)cc1F)c1cc(OC)ncn1. The summed E-state index contributed by atoms with van der Waals surface area (Å²) in [5.41, 5.74) is 1.10. The molecular weight excluding hydrogens is 264 g/mol. The Morgan fingerprint density at radius 3 is 2.70 bits per heavy atom. The third kappa shape index (κ3) is 3.27. The summed E-state index contributed by atoms with van der Waals surface area (Å²) in [6.45, 7) is 0. The third-order valence-electron chi connectivity index (χ3n) is 3.02. The Morgan fingerprint density at radius 2 is 2.05 bits per heavy atom. The molecule has 0 aliphatic heterocycles. The molecule has 0 saturated carbocycles. The van der Waals surface area contributed by atoms with Crippen LogP contribution < -0.4 is 10.1 Å². The van der Waals surface area contributed by atoms with Crippen molar-refractivity contribution in [3.8, 4) is 5.88 Å². The second-order valence-corrected chi connectivity index (χ2v) is 4.27. The van der Waals surface area contributed by atoms with Crippen LogP contribution in [0.3, 0.4) is 0 Å². The average molecular weight is 279 g/mol. The number of nitrogens with one attached hydrogen (secondary N) is 1. The van der Waals surface area contributed by atoms with Gasteiger partial charge in [0.1, 0.15) is 18.0 Å². The molecule has 1 atom stereocenters. The molecule has 106 valence electrons. The van der Waals surface area contributed by atoms with Crippen LogP contribution in [0.5, 0.6) is 5.88 Å². The van der Waals surface area contributed by atoms with Crippen molar-refractivity contribution >= 4 is 0 Å². The van der Waals surface area contributed by atoms with Gasteiger partial charge in [0.05, 0.1) is 18.8 Å². The first-order valence-electron chi connectivity index (χ1n) is 6.11. The van der Waals surface area contributed by atoms with Crippen molar-refractivity contribution in [1.29, 1.82) is 0 Å². The monoisotopic (exact) mass is 279 g/mol. The quantitative estimate of drug-likeness (QED) is 0.912. The minimum absolute atomic E-state index is 0.216. The Kier molecular flexibility index (Phi) is 4.57. The van der Waals surface area contributed by atoms with Gasteiger partial charge in [-0.1, -0.05) is 6.07 Å². The fourth-order valence-corrected chi connectivity index (χ4v) is 1.92. The minimum atomic E-state index is -0.587. The summed E-state index contributed by atoms with van der Waals surface area (Å²) in [6, 6.07) is 5.02. The Hall–Kier alpha value is -2.08. The number of halogens is 2. The molecule has 1 aromatic carbocycles. The number of benzene rings is 1. The second-order valence-electron chi connectivity index (χ2n) is 4.27. The van der Waals surface area contributed by atoms with Crippen molar-refractivity contribution < 1.29 is 13.5 Å². The minimum Gasteiger partial charge on any atom is -0.481 e. The highest BCUT2D eigenvalue weighted by atomic mass is 19.1. The van der Waals surface area contributed by atoms with Gasteiger partial charge in [-0.2, -0.15) is 0 Å². The van der Waals surface area contributed by atoms with Crippen LogP contribution in [-0.2, 0) is 6.42 Å². The summed E-state index contributed by atoms with van der Waals surface area (Å²) in [6.07, 6.45) is 1.74. The molecule has 0 aliphatic rings. The zero-order chi connectivity index (χ0) is 14.5. The average Bonchev–Trinajstić information content (AvgIpc) is 2.46.